The molecule has 0 unspecified atom stereocenters. The lowest BCUT2D eigenvalue weighted by molar-refractivity contribution is 0.107. The zero-order chi connectivity index (χ0) is 10.9. The topological polar surface area (TPSA) is 90.1 Å². The summed E-state index contributed by atoms with van der Waals surface area (Å²) >= 11 is 0.903. The van der Waals surface area contributed by atoms with E-state index >= 15 is 0 Å². The Hall–Kier alpha value is -0.950. The number of sulfone groups is 1. The van der Waals surface area contributed by atoms with Gasteiger partial charge in [0.15, 0.2) is 0 Å². The molecule has 1 aromatic rings. The molecule has 0 fully saturated rings. The highest BCUT2D eigenvalue weighted by molar-refractivity contribution is 8.07. The van der Waals surface area contributed by atoms with Gasteiger partial charge in [-0.3, -0.25) is 4.79 Å². The summed E-state index contributed by atoms with van der Waals surface area (Å²) in [5.74, 6) is 0. The van der Waals surface area contributed by atoms with Crippen LogP contribution in [0.5, 0.6) is 0 Å². The summed E-state index contributed by atoms with van der Waals surface area (Å²) in [6.45, 7) is 2.90. The Labute approximate surface area is 86.0 Å². The highest BCUT2D eigenvalue weighted by Gasteiger charge is 2.29. The molecular weight excluding hydrogens is 224 g/mol. The molecule has 0 bridgehead atoms. The van der Waals surface area contributed by atoms with Gasteiger partial charge < -0.3 is 5.73 Å². The standard InChI is InChI=1S/C7H10N2O3S2/c1-4(2)14(11,12)7(10)5-3-9-13-6(5)8/h3-4H,8H2,1-2H3. The Kier molecular flexibility index (Phi) is 2.91. The van der Waals surface area contributed by atoms with Crippen LogP contribution < -0.4 is 5.73 Å². The van der Waals surface area contributed by atoms with E-state index in [1.807, 2.05) is 0 Å². The molecule has 0 spiro atoms. The molecule has 5 nitrogen and oxygen atoms in total. The van der Waals surface area contributed by atoms with Crippen LogP contribution in [0.1, 0.15) is 24.2 Å². The van der Waals surface area contributed by atoms with Crippen LogP contribution in [0.15, 0.2) is 6.20 Å². The highest BCUT2D eigenvalue weighted by Crippen LogP contribution is 2.20. The van der Waals surface area contributed by atoms with E-state index in [2.05, 4.69) is 4.37 Å². The summed E-state index contributed by atoms with van der Waals surface area (Å²) in [5.41, 5.74) is 5.38. The van der Waals surface area contributed by atoms with Crippen molar-refractivity contribution >= 4 is 31.5 Å². The van der Waals surface area contributed by atoms with Crippen LogP contribution in [-0.2, 0) is 9.84 Å². The quantitative estimate of drug-likeness (QED) is 0.813. The maximum atomic E-state index is 11.5. The molecule has 0 amide bonds. The van der Waals surface area contributed by atoms with Gasteiger partial charge in [0.2, 0.25) is 9.84 Å². The molecule has 0 saturated heterocycles. The molecule has 7 heteroatoms. The van der Waals surface area contributed by atoms with Crippen molar-refractivity contribution in [3.8, 4) is 0 Å². The minimum Gasteiger partial charge on any atom is -0.389 e. The van der Waals surface area contributed by atoms with Crippen LogP contribution >= 0.6 is 11.5 Å². The van der Waals surface area contributed by atoms with Gasteiger partial charge in [0.25, 0.3) is 5.12 Å². The minimum atomic E-state index is -3.77. The molecule has 14 heavy (non-hydrogen) atoms. The summed E-state index contributed by atoms with van der Waals surface area (Å²) in [6, 6.07) is 0. The molecule has 2 N–H and O–H groups in total. The normalized spacial score (nSPS) is 11.9. The van der Waals surface area contributed by atoms with Crippen LogP contribution in [0, 0.1) is 0 Å². The van der Waals surface area contributed by atoms with E-state index in [-0.39, 0.29) is 10.6 Å². The number of nitrogen functional groups attached to an aromatic ring is 1. The Bertz CT molecular complexity index is 447. The first kappa shape index (κ1) is 11.1. The predicted octanol–water partition coefficient (Wildman–Crippen LogP) is 0.689. The van der Waals surface area contributed by atoms with Crippen LogP contribution in [-0.4, -0.2) is 23.2 Å². The van der Waals surface area contributed by atoms with Gasteiger partial charge in [-0.2, -0.15) is 4.37 Å². The average molecular weight is 234 g/mol. The number of nitrogens with zero attached hydrogens (tertiary/aromatic N) is 1. The second-order valence-corrected chi connectivity index (χ2v) is 6.22. The number of carbonyl (C=O) groups excluding carboxylic acids is 1. The van der Waals surface area contributed by atoms with E-state index in [1.165, 1.54) is 20.0 Å². The molecule has 0 radical (unpaired) electrons. The van der Waals surface area contributed by atoms with E-state index in [0.29, 0.717) is 0 Å². The van der Waals surface area contributed by atoms with Gasteiger partial charge in [0.1, 0.15) is 5.00 Å². The molecule has 0 aliphatic heterocycles. The molecule has 0 atom stereocenters. The highest BCUT2D eigenvalue weighted by atomic mass is 32.2. The monoisotopic (exact) mass is 234 g/mol. The van der Waals surface area contributed by atoms with Crippen molar-refractivity contribution in [1.29, 1.82) is 0 Å². The number of rotatable bonds is 2. The van der Waals surface area contributed by atoms with Gasteiger partial charge in [-0.15, -0.1) is 0 Å². The Morgan fingerprint density at radius 2 is 2.14 bits per heavy atom. The van der Waals surface area contributed by atoms with E-state index in [4.69, 9.17) is 5.73 Å². The SMILES string of the molecule is CC(C)S(=O)(=O)C(=O)c1cnsc1N. The second kappa shape index (κ2) is 3.66. The van der Waals surface area contributed by atoms with Crippen LogP contribution in [0.3, 0.4) is 0 Å². The number of hydrogen-bond acceptors (Lipinski definition) is 6. The minimum absolute atomic E-state index is 0.0244. The molecule has 0 saturated carbocycles. The van der Waals surface area contributed by atoms with Crippen molar-refractivity contribution in [3.63, 3.8) is 0 Å². The van der Waals surface area contributed by atoms with Crippen molar-refractivity contribution in [2.75, 3.05) is 5.73 Å². The van der Waals surface area contributed by atoms with Crippen LogP contribution in [0.25, 0.3) is 0 Å². The molecule has 1 aromatic heterocycles. The number of aromatic nitrogens is 1. The molecule has 0 aromatic carbocycles. The lowest BCUT2D eigenvalue weighted by atomic mass is 10.4. The Morgan fingerprint density at radius 3 is 2.50 bits per heavy atom. The molecule has 1 rings (SSSR count). The Balaban J connectivity index is 3.16. The first-order valence-corrected chi connectivity index (χ1v) is 6.17. The Morgan fingerprint density at radius 1 is 1.57 bits per heavy atom. The molecule has 0 aliphatic rings. The summed E-state index contributed by atoms with van der Waals surface area (Å²) in [5, 5.41) is -1.55. The maximum Gasteiger partial charge on any atom is 0.281 e. The third kappa shape index (κ3) is 1.78. The van der Waals surface area contributed by atoms with E-state index in [1.54, 1.807) is 0 Å². The largest absolute Gasteiger partial charge is 0.389 e. The number of anilines is 1. The van der Waals surface area contributed by atoms with Crippen LogP contribution in [0.2, 0.25) is 0 Å². The van der Waals surface area contributed by atoms with Gasteiger partial charge in [0, 0.05) is 0 Å². The van der Waals surface area contributed by atoms with Gasteiger partial charge in [-0.1, -0.05) is 0 Å². The van der Waals surface area contributed by atoms with Crippen molar-refractivity contribution in [2.45, 2.75) is 19.1 Å². The van der Waals surface area contributed by atoms with Gasteiger partial charge in [-0.05, 0) is 25.4 Å². The van der Waals surface area contributed by atoms with E-state index in [0.717, 1.165) is 11.5 Å². The third-order valence-electron chi connectivity index (χ3n) is 1.70. The van der Waals surface area contributed by atoms with Crippen molar-refractivity contribution in [1.82, 2.24) is 4.37 Å². The van der Waals surface area contributed by atoms with Crippen molar-refractivity contribution in [2.24, 2.45) is 0 Å². The van der Waals surface area contributed by atoms with Gasteiger partial charge in [0.05, 0.1) is 17.0 Å². The van der Waals surface area contributed by atoms with Gasteiger partial charge in [-0.25, -0.2) is 8.42 Å². The second-order valence-electron chi connectivity index (χ2n) is 2.98. The summed E-state index contributed by atoms with van der Waals surface area (Å²) < 4.78 is 26.6. The zero-order valence-corrected chi connectivity index (χ0v) is 9.35. The predicted molar refractivity (Wildman–Crippen MR) is 54.9 cm³/mol. The third-order valence-corrected chi connectivity index (χ3v) is 4.30. The number of nitrogens with two attached hydrogens (primary N) is 1. The lowest BCUT2D eigenvalue weighted by Crippen LogP contribution is -2.24. The van der Waals surface area contributed by atoms with Crippen molar-refractivity contribution < 1.29 is 13.2 Å². The first-order valence-electron chi connectivity index (χ1n) is 3.85. The fourth-order valence-corrected chi connectivity index (χ4v) is 2.25. The zero-order valence-electron chi connectivity index (χ0n) is 7.72. The summed E-state index contributed by atoms with van der Waals surface area (Å²) in [4.78, 5) is 11.5. The molecule has 0 aliphatic carbocycles. The average Bonchev–Trinajstić information content (AvgIpc) is 2.49. The number of hydrogen-bond donors (Lipinski definition) is 1. The summed E-state index contributed by atoms with van der Waals surface area (Å²) in [7, 11) is -3.77. The van der Waals surface area contributed by atoms with E-state index in [9.17, 15) is 13.2 Å². The number of carbonyl (C=O) groups is 1. The van der Waals surface area contributed by atoms with Gasteiger partial charge >= 0.3 is 0 Å². The fraction of sp³-hybridized carbons (Fsp3) is 0.429. The lowest BCUT2D eigenvalue weighted by Gasteiger charge is -2.04. The molecular formula is C7H10N2O3S2. The molecule has 78 valence electrons. The van der Waals surface area contributed by atoms with Crippen LogP contribution in [0.4, 0.5) is 5.00 Å². The van der Waals surface area contributed by atoms with E-state index < -0.39 is 20.2 Å². The molecule has 1 heterocycles. The maximum absolute atomic E-state index is 11.5. The first-order chi connectivity index (χ1) is 6.37. The smallest absolute Gasteiger partial charge is 0.281 e. The van der Waals surface area contributed by atoms with Crippen molar-refractivity contribution in [3.05, 3.63) is 11.8 Å². The fourth-order valence-electron chi connectivity index (χ4n) is 0.769. The summed E-state index contributed by atoms with van der Waals surface area (Å²) in [6.07, 6.45) is 1.18.